The summed E-state index contributed by atoms with van der Waals surface area (Å²) in [7, 11) is 0. The lowest BCUT2D eigenvalue weighted by atomic mass is 10.3. The van der Waals surface area contributed by atoms with Crippen molar-refractivity contribution in [1.29, 1.82) is 0 Å². The van der Waals surface area contributed by atoms with Gasteiger partial charge in [-0.15, -0.1) is 0 Å². The normalized spacial score (nSPS) is 10.1. The Morgan fingerprint density at radius 2 is 2.00 bits per heavy atom. The molecule has 4 nitrogen and oxygen atoms in total. The Morgan fingerprint density at radius 3 is 2.56 bits per heavy atom. The number of rotatable bonds is 3. The first-order valence-corrected chi connectivity index (χ1v) is 5.46. The monoisotopic (exact) mass is 235 g/mol. The van der Waals surface area contributed by atoms with Crippen molar-refractivity contribution >= 4 is 16.3 Å². The van der Waals surface area contributed by atoms with Crippen molar-refractivity contribution in [3.05, 3.63) is 52.1 Å². The quantitative estimate of drug-likeness (QED) is 0.601. The molecule has 0 bridgehead atoms. The van der Waals surface area contributed by atoms with Crippen molar-refractivity contribution in [2.45, 2.75) is 6.92 Å². The number of ether oxygens (including phenoxy) is 1. The van der Waals surface area contributed by atoms with Crippen LogP contribution in [0.1, 0.15) is 5.56 Å². The molecule has 0 radical (unpaired) electrons. The van der Waals surface area contributed by atoms with Crippen LogP contribution in [-0.4, -0.2) is 4.92 Å². The second-order valence-electron chi connectivity index (χ2n) is 3.23. The van der Waals surface area contributed by atoms with Gasteiger partial charge in [0.05, 0.1) is 4.92 Å². The van der Waals surface area contributed by atoms with Crippen LogP contribution in [0.25, 0.3) is 0 Å². The van der Waals surface area contributed by atoms with E-state index in [9.17, 15) is 10.1 Å². The summed E-state index contributed by atoms with van der Waals surface area (Å²) in [5.74, 6) is 0.683. The number of thiophene rings is 1. The molecule has 0 saturated carbocycles. The summed E-state index contributed by atoms with van der Waals surface area (Å²) in [6.45, 7) is 1.79. The molecule has 1 aromatic heterocycles. The highest BCUT2D eigenvalue weighted by Gasteiger charge is 2.15. The Balaban J connectivity index is 2.25. The van der Waals surface area contributed by atoms with Crippen molar-refractivity contribution in [1.82, 2.24) is 0 Å². The van der Waals surface area contributed by atoms with Crippen LogP contribution in [0.5, 0.6) is 10.8 Å². The smallest absolute Gasteiger partial charge is 0.327 e. The predicted octanol–water partition coefficient (Wildman–Crippen LogP) is 3.76. The van der Waals surface area contributed by atoms with Gasteiger partial charge in [0.15, 0.2) is 5.06 Å². The zero-order valence-electron chi connectivity index (χ0n) is 8.54. The van der Waals surface area contributed by atoms with Crippen molar-refractivity contribution < 1.29 is 9.66 Å². The molecule has 0 amide bonds. The molecule has 0 unspecified atom stereocenters. The highest BCUT2D eigenvalue weighted by Crippen LogP contribution is 2.37. The molecule has 0 aliphatic rings. The Labute approximate surface area is 96.3 Å². The van der Waals surface area contributed by atoms with E-state index in [1.165, 1.54) is 6.07 Å². The minimum atomic E-state index is -0.407. The molecule has 0 fully saturated rings. The van der Waals surface area contributed by atoms with E-state index in [0.717, 1.165) is 16.9 Å². The predicted molar refractivity (Wildman–Crippen MR) is 62.2 cm³/mol. The fourth-order valence-corrected chi connectivity index (χ4v) is 2.09. The maximum atomic E-state index is 10.6. The van der Waals surface area contributed by atoms with Gasteiger partial charge in [-0.25, -0.2) is 0 Å². The Bertz CT molecular complexity index is 507. The second kappa shape index (κ2) is 4.32. The molecule has 0 saturated heterocycles. The summed E-state index contributed by atoms with van der Waals surface area (Å²) in [4.78, 5) is 10.2. The van der Waals surface area contributed by atoms with E-state index < -0.39 is 4.92 Å². The van der Waals surface area contributed by atoms with Crippen LogP contribution >= 0.6 is 11.3 Å². The van der Waals surface area contributed by atoms with Gasteiger partial charge in [-0.1, -0.05) is 18.2 Å². The van der Waals surface area contributed by atoms with Gasteiger partial charge in [0.2, 0.25) is 0 Å². The first-order chi connectivity index (χ1) is 7.66. The van der Waals surface area contributed by atoms with E-state index in [1.807, 2.05) is 30.3 Å². The van der Waals surface area contributed by atoms with E-state index in [2.05, 4.69) is 0 Å². The number of hydrogen-bond donors (Lipinski definition) is 0. The number of nitrogens with zero attached hydrogens (tertiary/aromatic N) is 1. The molecule has 1 heterocycles. The van der Waals surface area contributed by atoms with E-state index in [4.69, 9.17) is 4.74 Å². The standard InChI is InChI=1S/C11H9NO3S/c1-8-7-10(12(13)14)16-11(8)15-9-5-3-2-4-6-9/h2-7H,1H3. The van der Waals surface area contributed by atoms with Crippen LogP contribution < -0.4 is 4.74 Å². The van der Waals surface area contributed by atoms with Crippen LogP contribution in [0.4, 0.5) is 5.00 Å². The molecule has 0 N–H and O–H groups in total. The van der Waals surface area contributed by atoms with Crippen molar-refractivity contribution in [3.8, 4) is 10.8 Å². The number of para-hydroxylation sites is 1. The minimum absolute atomic E-state index is 0.100. The Hall–Kier alpha value is -1.88. The first-order valence-electron chi connectivity index (χ1n) is 4.64. The van der Waals surface area contributed by atoms with Crippen LogP contribution in [-0.2, 0) is 0 Å². The third-order valence-corrected chi connectivity index (χ3v) is 3.06. The van der Waals surface area contributed by atoms with Crippen LogP contribution in [0.3, 0.4) is 0 Å². The highest BCUT2D eigenvalue weighted by molar-refractivity contribution is 7.17. The van der Waals surface area contributed by atoms with Gasteiger partial charge in [0, 0.05) is 11.6 Å². The van der Waals surface area contributed by atoms with Crippen molar-refractivity contribution in [2.75, 3.05) is 0 Å². The molecule has 2 rings (SSSR count). The minimum Gasteiger partial charge on any atom is -0.446 e. The van der Waals surface area contributed by atoms with E-state index in [1.54, 1.807) is 6.92 Å². The molecular weight excluding hydrogens is 226 g/mol. The van der Waals surface area contributed by atoms with Gasteiger partial charge in [-0.05, 0) is 30.4 Å². The lowest BCUT2D eigenvalue weighted by Gasteiger charge is -2.02. The van der Waals surface area contributed by atoms with Gasteiger partial charge in [-0.3, -0.25) is 10.1 Å². The fourth-order valence-electron chi connectivity index (χ4n) is 1.24. The maximum absolute atomic E-state index is 10.6. The third-order valence-electron chi connectivity index (χ3n) is 1.99. The molecule has 82 valence electrons. The molecule has 16 heavy (non-hydrogen) atoms. The lowest BCUT2D eigenvalue weighted by molar-refractivity contribution is -0.380. The summed E-state index contributed by atoms with van der Waals surface area (Å²) in [6.07, 6.45) is 0. The summed E-state index contributed by atoms with van der Waals surface area (Å²) < 4.78 is 5.55. The van der Waals surface area contributed by atoms with Crippen molar-refractivity contribution in [2.24, 2.45) is 0 Å². The Morgan fingerprint density at radius 1 is 1.31 bits per heavy atom. The fraction of sp³-hybridized carbons (Fsp3) is 0.0909. The highest BCUT2D eigenvalue weighted by atomic mass is 32.1. The third kappa shape index (κ3) is 2.20. The van der Waals surface area contributed by atoms with Gasteiger partial charge in [0.25, 0.3) is 0 Å². The van der Waals surface area contributed by atoms with Crippen LogP contribution in [0, 0.1) is 17.0 Å². The molecule has 0 aliphatic carbocycles. The van der Waals surface area contributed by atoms with Crippen LogP contribution in [0.15, 0.2) is 36.4 Å². The van der Waals surface area contributed by atoms with E-state index in [0.29, 0.717) is 10.8 Å². The summed E-state index contributed by atoms with van der Waals surface area (Å²) in [5.41, 5.74) is 0.778. The number of aryl methyl sites for hydroxylation is 1. The average molecular weight is 235 g/mol. The number of benzene rings is 1. The maximum Gasteiger partial charge on any atom is 0.327 e. The zero-order chi connectivity index (χ0) is 11.5. The van der Waals surface area contributed by atoms with Gasteiger partial charge in [0.1, 0.15) is 5.75 Å². The summed E-state index contributed by atoms with van der Waals surface area (Å²) in [5, 5.41) is 11.2. The molecule has 2 aromatic rings. The summed E-state index contributed by atoms with van der Waals surface area (Å²) >= 11 is 1.04. The largest absolute Gasteiger partial charge is 0.446 e. The molecule has 0 aliphatic heterocycles. The SMILES string of the molecule is Cc1cc([N+](=O)[O-])sc1Oc1ccccc1. The Kier molecular flexibility index (Phi) is 2.87. The van der Waals surface area contributed by atoms with Crippen molar-refractivity contribution in [3.63, 3.8) is 0 Å². The molecule has 1 aromatic carbocycles. The average Bonchev–Trinajstić information content (AvgIpc) is 2.62. The molecule has 5 heteroatoms. The lowest BCUT2D eigenvalue weighted by Crippen LogP contribution is -1.81. The van der Waals surface area contributed by atoms with Gasteiger partial charge < -0.3 is 4.74 Å². The molecule has 0 spiro atoms. The molecule has 0 atom stereocenters. The van der Waals surface area contributed by atoms with E-state index in [-0.39, 0.29) is 5.00 Å². The summed E-state index contributed by atoms with van der Waals surface area (Å²) in [6, 6.07) is 10.7. The topological polar surface area (TPSA) is 52.4 Å². The second-order valence-corrected chi connectivity index (χ2v) is 4.22. The van der Waals surface area contributed by atoms with Crippen LogP contribution in [0.2, 0.25) is 0 Å². The van der Waals surface area contributed by atoms with Gasteiger partial charge in [-0.2, -0.15) is 0 Å². The number of hydrogen-bond acceptors (Lipinski definition) is 4. The first kappa shape index (κ1) is 10.6. The zero-order valence-corrected chi connectivity index (χ0v) is 9.36. The molecular formula is C11H9NO3S. The number of nitro groups is 1. The van der Waals surface area contributed by atoms with Gasteiger partial charge >= 0.3 is 5.00 Å². The van der Waals surface area contributed by atoms with E-state index >= 15 is 0 Å².